The fourth-order valence-electron chi connectivity index (χ4n) is 11.2. The Bertz CT molecular complexity index is 2860. The maximum Gasteiger partial charge on any atom is 0.326 e. The third kappa shape index (κ3) is 25.6. The summed E-state index contributed by atoms with van der Waals surface area (Å²) in [4.78, 5) is 198. The molecule has 526 valence electrons. The lowest BCUT2D eigenvalue weighted by atomic mass is 9.76. The summed E-state index contributed by atoms with van der Waals surface area (Å²) in [6, 6.07) is -14.3. The van der Waals surface area contributed by atoms with Crippen molar-refractivity contribution < 1.29 is 82.4 Å². The molecule has 0 radical (unpaired) electrons. The molecule has 2 fully saturated rings. The molecule has 11 amide bonds. The number of carboxylic acid groups (broad SMARTS) is 2. The molecule has 94 heavy (non-hydrogen) atoms. The zero-order valence-electron chi connectivity index (χ0n) is 54.6. The fraction of sp³-hybridized carbons (Fsp3) is 0.700. The van der Waals surface area contributed by atoms with Gasteiger partial charge < -0.3 is 96.7 Å². The van der Waals surface area contributed by atoms with Gasteiger partial charge in [0.15, 0.2) is 11.7 Å². The molecule has 2 aliphatic heterocycles. The van der Waals surface area contributed by atoms with Gasteiger partial charge in [0.2, 0.25) is 65.0 Å². The minimum absolute atomic E-state index is 0.00472. The van der Waals surface area contributed by atoms with E-state index in [-0.39, 0.29) is 113 Å². The molecule has 0 aromatic heterocycles. The van der Waals surface area contributed by atoms with E-state index in [9.17, 15) is 82.4 Å². The first-order chi connectivity index (χ1) is 44.1. The standard InChI is InChI=1S/C60H99N17O17/c1-7-31(2)48(55(90)70-35(20-21-44(63)80)51(86)72-37(58(93)94)16-9-11-23-67-32(3)47-42(78)29-60(5,6)30-43(47)79)75-52(87)38(27-45(64)81)73-54(89)41-19-14-25-76(41)56(91)36(17-12-24-68-59(65)66)71-49(84)33(4)69-53(88)40-18-13-26-77(40)57(92)39(28-46(82)83)74-50(85)34(62)15-8-10-22-61/h31,33-41,48,78H,7-30,61-62H2,1-6H3,(H2,63,80)(H2,64,81)(H,69,88)(H,70,90)(H,71,84)(H,72,86)(H,73,89)(H,74,85)(H,75,87)(H,82,83)(H,93,94)(H4,65,66,68)/t31-,33-,34-,35-,36-,37-,38-,39-,40-,41-,48-/m0/s1. The van der Waals surface area contributed by atoms with Crippen LogP contribution in [-0.4, -0.2) is 213 Å². The third-order valence-corrected chi connectivity index (χ3v) is 16.5. The van der Waals surface area contributed by atoms with E-state index in [4.69, 9.17) is 34.4 Å². The van der Waals surface area contributed by atoms with Gasteiger partial charge in [-0.05, 0) is 109 Å². The largest absolute Gasteiger partial charge is 0.511 e. The van der Waals surface area contributed by atoms with Crippen molar-refractivity contribution in [1.82, 2.24) is 47.0 Å². The van der Waals surface area contributed by atoms with E-state index in [1.807, 2.05) is 13.8 Å². The van der Waals surface area contributed by atoms with E-state index < -0.39 is 174 Å². The molecule has 3 rings (SSSR count). The number of carbonyl (C=O) groups is 14. The molecular formula is C60H99N17O17. The van der Waals surface area contributed by atoms with Crippen LogP contribution in [0.15, 0.2) is 21.3 Å². The van der Waals surface area contributed by atoms with Gasteiger partial charge in [-0.2, -0.15) is 0 Å². The lowest BCUT2D eigenvalue weighted by Crippen LogP contribution is -2.61. The number of amides is 11. The number of aliphatic imine (C=N–C) groups is 2. The van der Waals surface area contributed by atoms with E-state index in [1.165, 1.54) is 6.92 Å². The second-order valence-electron chi connectivity index (χ2n) is 25.0. The van der Waals surface area contributed by atoms with Gasteiger partial charge in [0.25, 0.3) is 0 Å². The molecular weight excluding hydrogens is 1230 g/mol. The van der Waals surface area contributed by atoms with E-state index >= 15 is 0 Å². The lowest BCUT2D eigenvalue weighted by molar-refractivity contribution is -0.146. The van der Waals surface area contributed by atoms with Gasteiger partial charge in [0, 0.05) is 51.2 Å². The van der Waals surface area contributed by atoms with Gasteiger partial charge >= 0.3 is 11.9 Å². The third-order valence-electron chi connectivity index (χ3n) is 16.5. The number of nitrogens with one attached hydrogen (secondary N) is 7. The zero-order chi connectivity index (χ0) is 70.7. The number of aliphatic hydroxyl groups excluding tert-OH is 1. The number of rotatable bonds is 40. The minimum atomic E-state index is -1.77. The highest BCUT2D eigenvalue weighted by Gasteiger charge is 2.43. The SMILES string of the molecule is CC[C@H](C)[C@H](NC(=O)[C@H](CC(N)=O)NC(=O)[C@@H]1CCCN1C(=O)[C@H](CCCN=C(N)N)NC(=O)[C@H](C)NC(=O)[C@@H]1CCCN1C(=O)[C@H](CC(=O)O)NC(=O)[C@@H](N)CCCCN)C(=O)N[C@@H](CCC(N)=O)C(=O)N[C@@H](CCCCN=C(C)C1=C(O)CC(C)(C)CC1=O)C(=O)O. The molecule has 11 atom stereocenters. The number of aliphatic hydroxyl groups is 1. The molecule has 0 unspecified atom stereocenters. The molecule has 0 bridgehead atoms. The molecule has 0 spiro atoms. The summed E-state index contributed by atoms with van der Waals surface area (Å²) >= 11 is 0. The smallest absolute Gasteiger partial charge is 0.326 e. The number of carbonyl (C=O) groups excluding carboxylic acids is 12. The fourth-order valence-corrected chi connectivity index (χ4v) is 11.2. The van der Waals surface area contributed by atoms with Crippen molar-refractivity contribution in [2.75, 3.05) is 32.7 Å². The maximum absolute atomic E-state index is 14.6. The Morgan fingerprint density at radius 1 is 0.606 bits per heavy atom. The van der Waals surface area contributed by atoms with E-state index in [1.54, 1.807) is 20.8 Å². The Hall–Kier alpha value is -8.82. The number of guanidine groups is 1. The number of nitrogens with two attached hydrogens (primary N) is 6. The predicted molar refractivity (Wildman–Crippen MR) is 341 cm³/mol. The quantitative estimate of drug-likeness (QED) is 0.0161. The number of Topliss-reactive ketones (excluding diaryl/α,β-unsaturated/α-hetero) is 1. The number of likely N-dealkylation sites (tertiary alicyclic amines) is 2. The molecule has 1 aliphatic carbocycles. The summed E-state index contributed by atoms with van der Waals surface area (Å²) in [5, 5.41) is 47.7. The van der Waals surface area contributed by atoms with Gasteiger partial charge in [-0.3, -0.25) is 72.3 Å². The normalized spacial score (nSPS) is 19.1. The minimum Gasteiger partial charge on any atom is -0.511 e. The molecule has 2 heterocycles. The highest BCUT2D eigenvalue weighted by atomic mass is 16.4. The zero-order valence-corrected chi connectivity index (χ0v) is 54.6. The van der Waals surface area contributed by atoms with Crippen molar-refractivity contribution in [2.45, 2.75) is 224 Å². The van der Waals surface area contributed by atoms with Crippen LogP contribution in [0.5, 0.6) is 0 Å². The Kier molecular flexibility index (Phi) is 32.4. The van der Waals surface area contributed by atoms with Gasteiger partial charge in [0.05, 0.1) is 24.5 Å². The summed E-state index contributed by atoms with van der Waals surface area (Å²) in [5.41, 5.74) is 33.6. The van der Waals surface area contributed by atoms with Gasteiger partial charge in [-0.1, -0.05) is 40.5 Å². The topological polar surface area (TPSA) is 571 Å². The summed E-state index contributed by atoms with van der Waals surface area (Å²) in [5.74, 6) is -14.2. The summed E-state index contributed by atoms with van der Waals surface area (Å²) in [6.07, 6.45) is 0.661. The first-order valence-corrected chi connectivity index (χ1v) is 31.9. The molecule has 3 aliphatic rings. The van der Waals surface area contributed by atoms with Crippen LogP contribution in [0.25, 0.3) is 0 Å². The Labute approximate surface area is 545 Å². The van der Waals surface area contributed by atoms with Crippen LogP contribution in [0.3, 0.4) is 0 Å². The molecule has 2 saturated heterocycles. The number of allylic oxidation sites excluding steroid dienone is 2. The Morgan fingerprint density at radius 2 is 1.15 bits per heavy atom. The van der Waals surface area contributed by atoms with Gasteiger partial charge in [0.1, 0.15) is 60.1 Å². The highest BCUT2D eigenvalue weighted by molar-refractivity contribution is 6.22. The molecule has 34 heteroatoms. The first-order valence-electron chi connectivity index (χ1n) is 31.9. The monoisotopic (exact) mass is 1330 g/mol. The van der Waals surface area contributed by atoms with Crippen LogP contribution in [0.1, 0.15) is 164 Å². The number of primary amides is 2. The lowest BCUT2D eigenvalue weighted by Gasteiger charge is -2.31. The van der Waals surface area contributed by atoms with Crippen LogP contribution >= 0.6 is 0 Å². The molecule has 34 nitrogen and oxygen atoms in total. The average Bonchev–Trinajstić information content (AvgIpc) is 1.12. The number of hydrogen-bond acceptors (Lipinski definition) is 19. The predicted octanol–water partition coefficient (Wildman–Crippen LogP) is -3.53. The van der Waals surface area contributed by atoms with Crippen molar-refractivity contribution in [3.05, 3.63) is 11.3 Å². The second-order valence-corrected chi connectivity index (χ2v) is 25.0. The van der Waals surface area contributed by atoms with Gasteiger partial charge in [-0.15, -0.1) is 0 Å². The van der Waals surface area contributed by atoms with Gasteiger partial charge in [-0.25, -0.2) is 4.79 Å². The van der Waals surface area contributed by atoms with Crippen molar-refractivity contribution in [2.24, 2.45) is 55.7 Å². The van der Waals surface area contributed by atoms with Crippen LogP contribution in [-0.2, 0) is 67.1 Å². The Balaban J connectivity index is 1.78. The second kappa shape index (κ2) is 38.4. The molecule has 0 saturated carbocycles. The summed E-state index contributed by atoms with van der Waals surface area (Å²) in [7, 11) is 0. The number of unbranched alkanes of at least 4 members (excludes halogenated alkanes) is 2. The number of hydrogen-bond donors (Lipinski definition) is 16. The molecule has 0 aromatic rings. The van der Waals surface area contributed by atoms with Crippen molar-refractivity contribution >= 4 is 94.4 Å². The van der Waals surface area contributed by atoms with Crippen molar-refractivity contribution in [1.29, 1.82) is 0 Å². The maximum atomic E-state index is 14.6. The van der Waals surface area contributed by atoms with E-state index in [2.05, 4.69) is 47.2 Å². The summed E-state index contributed by atoms with van der Waals surface area (Å²) in [6.45, 7) is 10.4. The number of aliphatic carboxylic acids is 2. The van der Waals surface area contributed by atoms with Crippen molar-refractivity contribution in [3.63, 3.8) is 0 Å². The first kappa shape index (κ1) is 79.4. The van der Waals surface area contributed by atoms with Crippen LogP contribution in [0.4, 0.5) is 0 Å². The molecule has 0 aromatic carbocycles. The highest BCUT2D eigenvalue weighted by Crippen LogP contribution is 2.36. The van der Waals surface area contributed by atoms with E-state index in [0.29, 0.717) is 44.4 Å². The molecule has 22 N–H and O–H groups in total. The Morgan fingerprint density at radius 3 is 1.70 bits per heavy atom. The summed E-state index contributed by atoms with van der Waals surface area (Å²) < 4.78 is 0. The van der Waals surface area contributed by atoms with Crippen molar-refractivity contribution in [3.8, 4) is 0 Å². The van der Waals surface area contributed by atoms with Crippen LogP contribution in [0, 0.1) is 11.3 Å². The number of ketones is 1. The average molecular weight is 1330 g/mol. The van der Waals surface area contributed by atoms with Crippen LogP contribution < -0.4 is 71.6 Å². The van der Waals surface area contributed by atoms with E-state index in [0.717, 1.165) is 9.80 Å². The number of carboxylic acids is 2. The van der Waals surface area contributed by atoms with Crippen LogP contribution in [0.2, 0.25) is 0 Å². The number of nitrogens with zero attached hydrogens (tertiary/aromatic N) is 4.